The Balaban J connectivity index is 1.69. The largest absolute Gasteiger partial charge is 0.449 e. The summed E-state index contributed by atoms with van der Waals surface area (Å²) in [5, 5.41) is 8.01. The molecule has 2 aromatic carbocycles. The first-order valence-corrected chi connectivity index (χ1v) is 9.96. The van der Waals surface area contributed by atoms with Crippen LogP contribution in [0.1, 0.15) is 29.3 Å². The Morgan fingerprint density at radius 1 is 1.07 bits per heavy atom. The molecule has 29 heavy (non-hydrogen) atoms. The normalized spacial score (nSPS) is 11.7. The van der Waals surface area contributed by atoms with Gasteiger partial charge in [-0.15, -0.1) is 22.0 Å². The highest BCUT2D eigenvalue weighted by molar-refractivity contribution is 8.00. The molecule has 150 valence electrons. The molecule has 0 N–H and O–H groups in total. The first-order valence-electron chi connectivity index (χ1n) is 8.97. The maximum atomic E-state index is 12.7. The van der Waals surface area contributed by atoms with E-state index in [0.29, 0.717) is 16.3 Å². The van der Waals surface area contributed by atoms with Crippen LogP contribution in [0.25, 0.3) is 11.5 Å². The highest BCUT2D eigenvalue weighted by atomic mass is 32.2. The minimum atomic E-state index is -0.714. The monoisotopic (exact) mass is 411 g/mol. The van der Waals surface area contributed by atoms with Crippen molar-refractivity contribution in [2.24, 2.45) is 0 Å². The fraction of sp³-hybridized carbons (Fsp3) is 0.238. The summed E-state index contributed by atoms with van der Waals surface area (Å²) in [6.45, 7) is 1.67. The third-order valence-electron chi connectivity index (χ3n) is 4.05. The van der Waals surface area contributed by atoms with Gasteiger partial charge in [0.2, 0.25) is 11.8 Å². The van der Waals surface area contributed by atoms with Crippen LogP contribution < -0.4 is 0 Å². The van der Waals surface area contributed by atoms with Crippen LogP contribution in [0.15, 0.2) is 63.9 Å². The van der Waals surface area contributed by atoms with E-state index in [1.165, 1.54) is 16.7 Å². The van der Waals surface area contributed by atoms with Crippen LogP contribution in [0, 0.1) is 0 Å². The van der Waals surface area contributed by atoms with Gasteiger partial charge < -0.3 is 14.1 Å². The van der Waals surface area contributed by atoms with E-state index in [9.17, 15) is 9.59 Å². The second kappa shape index (κ2) is 9.38. The lowest BCUT2D eigenvalue weighted by Crippen LogP contribution is -2.23. The molecule has 0 saturated heterocycles. The van der Waals surface area contributed by atoms with Crippen LogP contribution in [0.5, 0.6) is 0 Å². The summed E-state index contributed by atoms with van der Waals surface area (Å²) in [7, 11) is 3.39. The van der Waals surface area contributed by atoms with Gasteiger partial charge in [0.1, 0.15) is 0 Å². The summed E-state index contributed by atoms with van der Waals surface area (Å²) >= 11 is 1.29. The molecule has 7 nitrogen and oxygen atoms in total. The molecule has 3 aromatic rings. The predicted molar refractivity (Wildman–Crippen MR) is 109 cm³/mol. The van der Waals surface area contributed by atoms with Gasteiger partial charge in [0.15, 0.2) is 6.10 Å². The van der Waals surface area contributed by atoms with E-state index in [2.05, 4.69) is 10.2 Å². The van der Waals surface area contributed by atoms with E-state index < -0.39 is 12.1 Å². The Morgan fingerprint density at radius 2 is 1.76 bits per heavy atom. The molecule has 0 aliphatic carbocycles. The standard InChI is InChI=1S/C21H21N3O4S/c1-14(19-22-23-20(28-19)15-9-5-4-6-10-15)27-21(26)16-11-7-8-12-17(16)29-13-18(25)24(2)3/h4-12,14H,13H2,1-3H3/t14-/m1/s1. The molecule has 1 aromatic heterocycles. The number of carbonyl (C=O) groups is 2. The Bertz CT molecular complexity index is 988. The lowest BCUT2D eigenvalue weighted by atomic mass is 10.2. The van der Waals surface area contributed by atoms with Gasteiger partial charge in [-0.25, -0.2) is 4.79 Å². The van der Waals surface area contributed by atoms with Crippen molar-refractivity contribution in [3.63, 3.8) is 0 Å². The van der Waals surface area contributed by atoms with Crippen LogP contribution in [0.2, 0.25) is 0 Å². The van der Waals surface area contributed by atoms with Gasteiger partial charge >= 0.3 is 5.97 Å². The number of amides is 1. The van der Waals surface area contributed by atoms with E-state index in [4.69, 9.17) is 9.15 Å². The second-order valence-electron chi connectivity index (χ2n) is 6.43. The number of ether oxygens (including phenoxy) is 1. The van der Waals surface area contributed by atoms with Crippen LogP contribution in [-0.2, 0) is 9.53 Å². The van der Waals surface area contributed by atoms with Crippen molar-refractivity contribution in [2.45, 2.75) is 17.9 Å². The van der Waals surface area contributed by atoms with Crippen molar-refractivity contribution in [2.75, 3.05) is 19.8 Å². The maximum absolute atomic E-state index is 12.7. The summed E-state index contributed by atoms with van der Waals surface area (Å²) < 4.78 is 11.2. The van der Waals surface area contributed by atoms with E-state index >= 15 is 0 Å². The molecule has 0 aliphatic rings. The Kier molecular flexibility index (Phi) is 6.66. The van der Waals surface area contributed by atoms with Gasteiger partial charge in [-0.2, -0.15) is 0 Å². The molecule has 0 unspecified atom stereocenters. The van der Waals surface area contributed by atoms with E-state index in [1.54, 1.807) is 39.2 Å². The van der Waals surface area contributed by atoms with E-state index in [1.807, 2.05) is 36.4 Å². The van der Waals surface area contributed by atoms with Crippen molar-refractivity contribution in [3.05, 3.63) is 66.1 Å². The molecule has 0 bridgehead atoms. The zero-order valence-corrected chi connectivity index (χ0v) is 17.2. The van der Waals surface area contributed by atoms with Gasteiger partial charge in [0.25, 0.3) is 5.89 Å². The number of carbonyl (C=O) groups excluding carboxylic acids is 2. The zero-order valence-electron chi connectivity index (χ0n) is 16.4. The molecule has 1 amide bonds. The van der Waals surface area contributed by atoms with E-state index in [0.717, 1.165) is 5.56 Å². The molecule has 0 radical (unpaired) electrons. The lowest BCUT2D eigenvalue weighted by Gasteiger charge is -2.13. The number of benzene rings is 2. The van der Waals surface area contributed by atoms with Crippen LogP contribution >= 0.6 is 11.8 Å². The second-order valence-corrected chi connectivity index (χ2v) is 7.45. The summed E-state index contributed by atoms with van der Waals surface area (Å²) in [5.74, 6) is 0.256. The number of hydrogen-bond acceptors (Lipinski definition) is 7. The molecule has 3 rings (SSSR count). The zero-order chi connectivity index (χ0) is 20.8. The van der Waals surface area contributed by atoms with Crippen LogP contribution in [0.4, 0.5) is 0 Å². The molecular weight excluding hydrogens is 390 g/mol. The smallest absolute Gasteiger partial charge is 0.340 e. The number of nitrogens with zero attached hydrogens (tertiary/aromatic N) is 3. The topological polar surface area (TPSA) is 85.5 Å². The van der Waals surface area contributed by atoms with Gasteiger partial charge in [-0.3, -0.25) is 4.79 Å². The number of hydrogen-bond donors (Lipinski definition) is 0. The Labute approximate surface area is 173 Å². The summed E-state index contributed by atoms with van der Waals surface area (Å²) in [6.07, 6.45) is -0.714. The maximum Gasteiger partial charge on any atom is 0.340 e. The third kappa shape index (κ3) is 5.23. The fourth-order valence-electron chi connectivity index (χ4n) is 2.40. The molecule has 1 atom stereocenters. The van der Waals surface area contributed by atoms with Gasteiger partial charge in [-0.1, -0.05) is 30.3 Å². The number of rotatable bonds is 7. The summed E-state index contributed by atoms with van der Waals surface area (Å²) in [5.41, 5.74) is 1.18. The molecule has 0 spiro atoms. The first kappa shape index (κ1) is 20.6. The molecule has 8 heteroatoms. The van der Waals surface area contributed by atoms with Crippen molar-refractivity contribution in [3.8, 4) is 11.5 Å². The minimum absolute atomic E-state index is 0.0363. The SMILES string of the molecule is C[C@@H](OC(=O)c1ccccc1SCC(=O)N(C)C)c1nnc(-c2ccccc2)o1. The van der Waals surface area contributed by atoms with E-state index in [-0.39, 0.29) is 17.6 Å². The average molecular weight is 411 g/mol. The van der Waals surface area contributed by atoms with Crippen molar-refractivity contribution < 1.29 is 18.7 Å². The third-order valence-corrected chi connectivity index (χ3v) is 5.11. The molecule has 0 saturated carbocycles. The van der Waals surface area contributed by atoms with Crippen molar-refractivity contribution >= 4 is 23.6 Å². The van der Waals surface area contributed by atoms with Gasteiger partial charge in [0, 0.05) is 24.6 Å². The predicted octanol–water partition coefficient (Wildman–Crippen LogP) is 3.83. The molecule has 0 aliphatic heterocycles. The minimum Gasteiger partial charge on any atom is -0.449 e. The molecular formula is C21H21N3O4S. The van der Waals surface area contributed by atoms with Gasteiger partial charge in [-0.05, 0) is 31.2 Å². The Hall–Kier alpha value is -3.13. The number of aromatic nitrogens is 2. The fourth-order valence-corrected chi connectivity index (χ4v) is 3.42. The highest BCUT2D eigenvalue weighted by Crippen LogP contribution is 2.27. The van der Waals surface area contributed by atoms with Crippen molar-refractivity contribution in [1.82, 2.24) is 15.1 Å². The Morgan fingerprint density at radius 3 is 2.48 bits per heavy atom. The summed E-state index contributed by atoms with van der Waals surface area (Å²) in [6, 6.07) is 16.4. The summed E-state index contributed by atoms with van der Waals surface area (Å²) in [4.78, 5) is 26.7. The lowest BCUT2D eigenvalue weighted by molar-refractivity contribution is -0.125. The van der Waals surface area contributed by atoms with Crippen molar-refractivity contribution in [1.29, 1.82) is 0 Å². The number of thioether (sulfide) groups is 1. The molecule has 0 fully saturated rings. The van der Waals surface area contributed by atoms with Crippen LogP contribution in [-0.4, -0.2) is 46.8 Å². The van der Waals surface area contributed by atoms with Gasteiger partial charge in [0.05, 0.1) is 11.3 Å². The quantitative estimate of drug-likeness (QED) is 0.431. The number of esters is 1. The molecule has 1 heterocycles. The first-order chi connectivity index (χ1) is 14.0. The average Bonchev–Trinajstić information content (AvgIpc) is 3.23. The van der Waals surface area contributed by atoms with Crippen LogP contribution in [0.3, 0.4) is 0 Å². The highest BCUT2D eigenvalue weighted by Gasteiger charge is 2.22.